The summed E-state index contributed by atoms with van der Waals surface area (Å²) in [5, 5.41) is 2.80. The highest BCUT2D eigenvalue weighted by molar-refractivity contribution is 9.11. The first-order chi connectivity index (χ1) is 7.30. The Labute approximate surface area is 105 Å². The van der Waals surface area contributed by atoms with Crippen LogP contribution >= 0.6 is 15.9 Å². The number of carbonyl (C=O) groups is 1. The van der Waals surface area contributed by atoms with E-state index in [1.54, 1.807) is 4.90 Å². The number of morpholine rings is 1. The molecule has 1 fully saturated rings. The van der Waals surface area contributed by atoms with Crippen LogP contribution in [0.15, 0.2) is 11.1 Å². The van der Waals surface area contributed by atoms with E-state index in [0.717, 1.165) is 4.48 Å². The molecular weight excluding hydrogens is 272 g/mol. The van der Waals surface area contributed by atoms with Gasteiger partial charge in [0, 0.05) is 11.0 Å². The summed E-state index contributed by atoms with van der Waals surface area (Å²) in [4.78, 5) is 13.6. The normalized spacial score (nSPS) is 24.0. The molecule has 0 aromatic carbocycles. The molecule has 92 valence electrons. The van der Waals surface area contributed by atoms with Crippen LogP contribution in [0.5, 0.6) is 0 Å². The maximum atomic E-state index is 11.8. The van der Waals surface area contributed by atoms with Crippen molar-refractivity contribution in [2.75, 3.05) is 19.6 Å². The van der Waals surface area contributed by atoms with Crippen molar-refractivity contribution >= 4 is 22.0 Å². The Morgan fingerprint density at radius 3 is 2.81 bits per heavy atom. The predicted octanol–water partition coefficient (Wildman–Crippen LogP) is 2.10. The van der Waals surface area contributed by atoms with Crippen molar-refractivity contribution in [3.63, 3.8) is 0 Å². The molecule has 1 aliphatic rings. The molecule has 16 heavy (non-hydrogen) atoms. The first-order valence-corrected chi connectivity index (χ1v) is 6.13. The maximum absolute atomic E-state index is 11.8. The summed E-state index contributed by atoms with van der Waals surface area (Å²) in [5.41, 5.74) is -0.277. The zero-order valence-electron chi connectivity index (χ0n) is 10.0. The lowest BCUT2D eigenvalue weighted by Gasteiger charge is -2.41. The molecule has 1 aliphatic heterocycles. The van der Waals surface area contributed by atoms with E-state index in [-0.39, 0.29) is 17.7 Å². The molecule has 4 nitrogen and oxygen atoms in total. The standard InChI is InChI=1S/C11H19BrN2O2/c1-8(12)5-13-10(15)14-6-9(2)16-11(3,4)7-14/h9H,1,5-7H2,2-4H3,(H,13,15)/t9-/m1/s1. The number of rotatable bonds is 2. The lowest BCUT2D eigenvalue weighted by molar-refractivity contribution is -0.117. The SMILES string of the molecule is C=C(Br)CNC(=O)N1C[C@@H](C)OC(C)(C)C1. The summed E-state index contributed by atoms with van der Waals surface area (Å²) < 4.78 is 6.50. The molecule has 5 heteroatoms. The van der Waals surface area contributed by atoms with Gasteiger partial charge in [-0.15, -0.1) is 0 Å². The van der Waals surface area contributed by atoms with Crippen LogP contribution in [0.25, 0.3) is 0 Å². The zero-order chi connectivity index (χ0) is 12.3. The summed E-state index contributed by atoms with van der Waals surface area (Å²) >= 11 is 3.21. The minimum atomic E-state index is -0.277. The van der Waals surface area contributed by atoms with E-state index < -0.39 is 0 Å². The van der Waals surface area contributed by atoms with Crippen molar-refractivity contribution in [1.82, 2.24) is 10.2 Å². The second kappa shape index (κ2) is 5.19. The molecular formula is C11H19BrN2O2. The van der Waals surface area contributed by atoms with Crippen molar-refractivity contribution in [2.24, 2.45) is 0 Å². The summed E-state index contributed by atoms with van der Waals surface area (Å²) in [5.74, 6) is 0. The molecule has 0 aromatic rings. The Hall–Kier alpha value is -0.550. The molecule has 0 aliphatic carbocycles. The summed E-state index contributed by atoms with van der Waals surface area (Å²) in [6.45, 7) is 11.3. The molecule has 1 heterocycles. The van der Waals surface area contributed by atoms with Crippen molar-refractivity contribution in [2.45, 2.75) is 32.5 Å². The second-order valence-electron chi connectivity index (χ2n) is 4.74. The molecule has 0 saturated carbocycles. The minimum Gasteiger partial charge on any atom is -0.369 e. The van der Waals surface area contributed by atoms with Gasteiger partial charge in [-0.05, 0) is 20.8 Å². The summed E-state index contributed by atoms with van der Waals surface area (Å²) in [7, 11) is 0. The van der Waals surface area contributed by atoms with Crippen molar-refractivity contribution in [1.29, 1.82) is 0 Å². The average molecular weight is 291 g/mol. The first-order valence-electron chi connectivity index (χ1n) is 5.34. The van der Waals surface area contributed by atoms with Gasteiger partial charge >= 0.3 is 6.03 Å². The Kier molecular flexibility index (Phi) is 4.38. The van der Waals surface area contributed by atoms with Gasteiger partial charge in [-0.25, -0.2) is 4.79 Å². The van der Waals surface area contributed by atoms with Gasteiger partial charge in [0.05, 0.1) is 24.8 Å². The number of amides is 2. The number of nitrogens with zero attached hydrogens (tertiary/aromatic N) is 1. The Balaban J connectivity index is 2.52. The third kappa shape index (κ3) is 4.14. The molecule has 0 bridgehead atoms. The largest absolute Gasteiger partial charge is 0.369 e. The van der Waals surface area contributed by atoms with Crippen molar-refractivity contribution in [3.05, 3.63) is 11.1 Å². The van der Waals surface area contributed by atoms with Crippen LogP contribution in [0.1, 0.15) is 20.8 Å². The fourth-order valence-electron chi connectivity index (χ4n) is 1.89. The zero-order valence-corrected chi connectivity index (χ0v) is 11.6. The monoisotopic (exact) mass is 290 g/mol. The number of ether oxygens (including phenoxy) is 1. The molecule has 1 rings (SSSR count). The third-order valence-electron chi connectivity index (χ3n) is 2.29. The first kappa shape index (κ1) is 13.5. The number of urea groups is 1. The molecule has 1 N–H and O–H groups in total. The van der Waals surface area contributed by atoms with E-state index >= 15 is 0 Å². The molecule has 1 atom stereocenters. The van der Waals surface area contributed by atoms with Gasteiger partial charge in [0.2, 0.25) is 0 Å². The molecule has 1 saturated heterocycles. The Bertz CT molecular complexity index is 292. The van der Waals surface area contributed by atoms with Crippen molar-refractivity contribution < 1.29 is 9.53 Å². The van der Waals surface area contributed by atoms with E-state index in [4.69, 9.17) is 4.74 Å². The number of nitrogens with one attached hydrogen (secondary N) is 1. The van der Waals surface area contributed by atoms with Gasteiger partial charge < -0.3 is 15.0 Å². The highest BCUT2D eigenvalue weighted by atomic mass is 79.9. The third-order valence-corrected chi connectivity index (χ3v) is 2.57. The van der Waals surface area contributed by atoms with E-state index in [9.17, 15) is 4.79 Å². The van der Waals surface area contributed by atoms with Crippen LogP contribution in [0, 0.1) is 0 Å². The van der Waals surface area contributed by atoms with Crippen LogP contribution < -0.4 is 5.32 Å². The molecule has 0 aromatic heterocycles. The number of hydrogen-bond donors (Lipinski definition) is 1. The Morgan fingerprint density at radius 2 is 2.31 bits per heavy atom. The van der Waals surface area contributed by atoms with Gasteiger partial charge in [-0.1, -0.05) is 22.5 Å². The molecule has 2 amide bonds. The number of carbonyl (C=O) groups excluding carboxylic acids is 1. The van der Waals surface area contributed by atoms with Gasteiger partial charge in [-0.2, -0.15) is 0 Å². The van der Waals surface area contributed by atoms with Crippen LogP contribution in [0.3, 0.4) is 0 Å². The van der Waals surface area contributed by atoms with E-state index in [0.29, 0.717) is 19.6 Å². The lowest BCUT2D eigenvalue weighted by Crippen LogP contribution is -2.56. The number of hydrogen-bond acceptors (Lipinski definition) is 2. The molecule has 0 unspecified atom stereocenters. The fourth-order valence-corrected chi connectivity index (χ4v) is 2.03. The smallest absolute Gasteiger partial charge is 0.317 e. The van der Waals surface area contributed by atoms with Gasteiger partial charge in [-0.3, -0.25) is 0 Å². The fraction of sp³-hybridized carbons (Fsp3) is 0.727. The van der Waals surface area contributed by atoms with Gasteiger partial charge in [0.25, 0.3) is 0 Å². The summed E-state index contributed by atoms with van der Waals surface area (Å²) in [6.07, 6.45) is 0.0710. The topological polar surface area (TPSA) is 41.6 Å². The molecule has 0 radical (unpaired) electrons. The van der Waals surface area contributed by atoms with E-state index in [1.165, 1.54) is 0 Å². The van der Waals surface area contributed by atoms with Crippen LogP contribution in [-0.4, -0.2) is 42.3 Å². The van der Waals surface area contributed by atoms with Gasteiger partial charge in [0.15, 0.2) is 0 Å². The minimum absolute atomic E-state index is 0.0659. The van der Waals surface area contributed by atoms with E-state index in [2.05, 4.69) is 27.8 Å². The second-order valence-corrected chi connectivity index (χ2v) is 5.87. The van der Waals surface area contributed by atoms with Crippen LogP contribution in [-0.2, 0) is 4.74 Å². The summed E-state index contributed by atoms with van der Waals surface area (Å²) in [6, 6.07) is -0.0659. The maximum Gasteiger partial charge on any atom is 0.317 e. The van der Waals surface area contributed by atoms with E-state index in [1.807, 2.05) is 20.8 Å². The highest BCUT2D eigenvalue weighted by Crippen LogP contribution is 2.20. The number of halogens is 1. The van der Waals surface area contributed by atoms with Crippen LogP contribution in [0.2, 0.25) is 0 Å². The highest BCUT2D eigenvalue weighted by Gasteiger charge is 2.33. The predicted molar refractivity (Wildman–Crippen MR) is 67.7 cm³/mol. The average Bonchev–Trinajstić information content (AvgIpc) is 2.10. The Morgan fingerprint density at radius 1 is 1.69 bits per heavy atom. The van der Waals surface area contributed by atoms with Crippen LogP contribution in [0.4, 0.5) is 4.79 Å². The quantitative estimate of drug-likeness (QED) is 0.846. The van der Waals surface area contributed by atoms with Gasteiger partial charge in [0.1, 0.15) is 0 Å². The lowest BCUT2D eigenvalue weighted by atomic mass is 10.1. The molecule has 0 spiro atoms. The van der Waals surface area contributed by atoms with Crippen molar-refractivity contribution in [3.8, 4) is 0 Å².